The lowest BCUT2D eigenvalue weighted by atomic mass is 10.1. The minimum atomic E-state index is -0.186. The molecule has 0 fully saturated rings. The number of aromatic amines is 1. The third-order valence-electron chi connectivity index (χ3n) is 3.68. The minimum Gasteiger partial charge on any atom is -0.325 e. The molecule has 0 radical (unpaired) electrons. The van der Waals surface area contributed by atoms with Crippen molar-refractivity contribution in [1.82, 2.24) is 9.97 Å². The Morgan fingerprint density at radius 3 is 2.81 bits per heavy atom. The van der Waals surface area contributed by atoms with Crippen LogP contribution in [0.1, 0.15) is 37.6 Å². The van der Waals surface area contributed by atoms with Gasteiger partial charge in [0.15, 0.2) is 5.16 Å². The highest BCUT2D eigenvalue weighted by atomic mass is 32.2. The number of thioether (sulfide) groups is 2. The summed E-state index contributed by atoms with van der Waals surface area (Å²) in [4.78, 5) is 31.3. The summed E-state index contributed by atoms with van der Waals surface area (Å²) < 4.78 is 0. The number of rotatable bonds is 8. The number of hydrogen-bond donors (Lipinski definition) is 2. The molecule has 2 aromatic rings. The van der Waals surface area contributed by atoms with Crippen molar-refractivity contribution in [3.05, 3.63) is 51.4 Å². The standard InChI is InChI=1S/C19H25N3O2S2/c1-5-14-8-6-7-13(4)18(14)21-17(24)11-26-19-20-15(9-16(23)22-19)10-25-12(2)3/h6-9,12H,5,10-11H2,1-4H3,(H,21,24)(H,20,22,23). The van der Waals surface area contributed by atoms with E-state index >= 15 is 0 Å². The molecule has 0 atom stereocenters. The highest BCUT2D eigenvalue weighted by Crippen LogP contribution is 2.22. The first-order valence-corrected chi connectivity index (χ1v) is 10.7. The summed E-state index contributed by atoms with van der Waals surface area (Å²) in [7, 11) is 0. The second-order valence-electron chi connectivity index (χ2n) is 6.20. The average Bonchev–Trinajstić information content (AvgIpc) is 2.59. The molecule has 0 aliphatic heterocycles. The maximum Gasteiger partial charge on any atom is 0.251 e. The SMILES string of the molecule is CCc1cccc(C)c1NC(=O)CSc1nc(CSC(C)C)cc(=O)[nH]1. The summed E-state index contributed by atoms with van der Waals surface area (Å²) >= 11 is 2.97. The molecule has 1 aromatic heterocycles. The van der Waals surface area contributed by atoms with Gasteiger partial charge in [0.05, 0.1) is 11.4 Å². The number of H-pyrrole nitrogens is 1. The van der Waals surface area contributed by atoms with E-state index in [1.54, 1.807) is 11.8 Å². The van der Waals surface area contributed by atoms with Crippen LogP contribution in [0.4, 0.5) is 5.69 Å². The molecule has 0 unspecified atom stereocenters. The van der Waals surface area contributed by atoms with Crippen molar-refractivity contribution < 1.29 is 4.79 Å². The number of nitrogens with zero attached hydrogens (tertiary/aromatic N) is 1. The summed E-state index contributed by atoms with van der Waals surface area (Å²) in [5, 5.41) is 3.94. The largest absolute Gasteiger partial charge is 0.325 e. The molecule has 26 heavy (non-hydrogen) atoms. The Balaban J connectivity index is 2.00. The van der Waals surface area contributed by atoms with E-state index < -0.39 is 0 Å². The fourth-order valence-corrected chi connectivity index (χ4v) is 3.74. The fraction of sp³-hybridized carbons (Fsp3) is 0.421. The first kappa shape index (κ1) is 20.6. The Hall–Kier alpha value is -1.73. The Morgan fingerprint density at radius 2 is 2.12 bits per heavy atom. The van der Waals surface area contributed by atoms with Crippen LogP contribution in [-0.2, 0) is 17.0 Å². The second kappa shape index (κ2) is 9.83. The van der Waals surface area contributed by atoms with Gasteiger partial charge in [0, 0.05) is 17.5 Å². The van der Waals surface area contributed by atoms with Crippen LogP contribution in [0.25, 0.3) is 0 Å². The third kappa shape index (κ3) is 6.21. The van der Waals surface area contributed by atoms with Gasteiger partial charge in [-0.1, -0.05) is 50.7 Å². The van der Waals surface area contributed by atoms with Gasteiger partial charge in [0.1, 0.15) is 0 Å². The predicted octanol–water partition coefficient (Wildman–Crippen LogP) is 4.01. The summed E-state index contributed by atoms with van der Waals surface area (Å²) in [5.74, 6) is 0.773. The lowest BCUT2D eigenvalue weighted by Crippen LogP contribution is -2.17. The fourth-order valence-electron chi connectivity index (χ4n) is 2.39. The quantitative estimate of drug-likeness (QED) is 0.525. The molecular formula is C19H25N3O2S2. The van der Waals surface area contributed by atoms with Gasteiger partial charge >= 0.3 is 0 Å². The molecule has 2 rings (SSSR count). The number of anilines is 1. The molecule has 1 aromatic carbocycles. The molecule has 0 aliphatic carbocycles. The molecule has 7 heteroatoms. The smallest absolute Gasteiger partial charge is 0.251 e. The van der Waals surface area contributed by atoms with E-state index in [2.05, 4.69) is 36.1 Å². The Labute approximate surface area is 162 Å². The number of amides is 1. The number of nitrogens with one attached hydrogen (secondary N) is 2. The van der Waals surface area contributed by atoms with Crippen LogP contribution in [0.15, 0.2) is 34.2 Å². The zero-order valence-electron chi connectivity index (χ0n) is 15.6. The van der Waals surface area contributed by atoms with Gasteiger partial charge in [-0.25, -0.2) is 4.98 Å². The van der Waals surface area contributed by atoms with E-state index in [0.29, 0.717) is 16.2 Å². The zero-order valence-corrected chi connectivity index (χ0v) is 17.2. The van der Waals surface area contributed by atoms with Crippen molar-refractivity contribution >= 4 is 35.1 Å². The van der Waals surface area contributed by atoms with Gasteiger partial charge in [0.2, 0.25) is 5.91 Å². The van der Waals surface area contributed by atoms with Crippen LogP contribution in [0, 0.1) is 6.92 Å². The topological polar surface area (TPSA) is 74.8 Å². The normalized spacial score (nSPS) is 11.0. The van der Waals surface area contributed by atoms with Gasteiger partial charge in [-0.2, -0.15) is 11.8 Å². The van der Waals surface area contributed by atoms with Gasteiger partial charge in [0.25, 0.3) is 5.56 Å². The molecule has 0 bridgehead atoms. The van der Waals surface area contributed by atoms with Crippen molar-refractivity contribution in [1.29, 1.82) is 0 Å². The van der Waals surface area contributed by atoms with Gasteiger partial charge < -0.3 is 10.3 Å². The van der Waals surface area contributed by atoms with E-state index in [1.807, 2.05) is 25.1 Å². The van der Waals surface area contributed by atoms with E-state index in [1.165, 1.54) is 17.8 Å². The van der Waals surface area contributed by atoms with E-state index in [4.69, 9.17) is 0 Å². The van der Waals surface area contributed by atoms with Crippen LogP contribution >= 0.6 is 23.5 Å². The number of aryl methyl sites for hydroxylation is 2. The van der Waals surface area contributed by atoms with Crippen LogP contribution in [0.2, 0.25) is 0 Å². The van der Waals surface area contributed by atoms with E-state index in [9.17, 15) is 9.59 Å². The lowest BCUT2D eigenvalue weighted by Gasteiger charge is -2.12. The van der Waals surface area contributed by atoms with Crippen LogP contribution in [-0.4, -0.2) is 26.9 Å². The van der Waals surface area contributed by atoms with E-state index in [0.717, 1.165) is 28.9 Å². The summed E-state index contributed by atoms with van der Waals surface area (Å²) in [5.41, 5.74) is 3.59. The number of benzene rings is 1. The van der Waals surface area contributed by atoms with E-state index in [-0.39, 0.29) is 17.2 Å². The monoisotopic (exact) mass is 391 g/mol. The highest BCUT2D eigenvalue weighted by molar-refractivity contribution is 7.99. The molecular weight excluding hydrogens is 366 g/mol. The maximum atomic E-state index is 12.3. The number of aromatic nitrogens is 2. The van der Waals surface area contributed by atoms with Gasteiger partial charge in [-0.05, 0) is 29.7 Å². The number of para-hydroxylation sites is 1. The number of carbonyl (C=O) groups excluding carboxylic acids is 1. The summed E-state index contributed by atoms with van der Waals surface area (Å²) in [6, 6.07) is 7.51. The van der Waals surface area contributed by atoms with Crippen molar-refractivity contribution in [2.75, 3.05) is 11.1 Å². The Morgan fingerprint density at radius 1 is 1.35 bits per heavy atom. The maximum absolute atomic E-state index is 12.3. The second-order valence-corrected chi connectivity index (χ2v) is 8.73. The third-order valence-corrected chi connectivity index (χ3v) is 5.68. The Bertz CT molecular complexity index is 819. The van der Waals surface area contributed by atoms with Crippen molar-refractivity contribution in [2.24, 2.45) is 0 Å². The molecule has 5 nitrogen and oxygen atoms in total. The predicted molar refractivity (Wildman–Crippen MR) is 111 cm³/mol. The zero-order chi connectivity index (χ0) is 19.1. The van der Waals surface area contributed by atoms with Crippen LogP contribution in [0.3, 0.4) is 0 Å². The van der Waals surface area contributed by atoms with Crippen molar-refractivity contribution in [3.63, 3.8) is 0 Å². The molecule has 0 aliphatic rings. The van der Waals surface area contributed by atoms with Crippen molar-refractivity contribution in [2.45, 2.75) is 50.3 Å². The lowest BCUT2D eigenvalue weighted by molar-refractivity contribution is -0.113. The number of carbonyl (C=O) groups is 1. The first-order valence-electron chi connectivity index (χ1n) is 8.62. The molecule has 0 spiro atoms. The highest BCUT2D eigenvalue weighted by Gasteiger charge is 2.11. The molecule has 1 amide bonds. The molecule has 2 N–H and O–H groups in total. The molecule has 140 valence electrons. The van der Waals surface area contributed by atoms with Crippen LogP contribution < -0.4 is 10.9 Å². The van der Waals surface area contributed by atoms with Crippen LogP contribution in [0.5, 0.6) is 0 Å². The molecule has 0 saturated heterocycles. The molecule has 0 saturated carbocycles. The number of hydrogen-bond acceptors (Lipinski definition) is 5. The van der Waals surface area contributed by atoms with Gasteiger partial charge in [-0.3, -0.25) is 9.59 Å². The van der Waals surface area contributed by atoms with Gasteiger partial charge in [-0.15, -0.1) is 0 Å². The first-order chi connectivity index (χ1) is 12.4. The summed E-state index contributed by atoms with van der Waals surface area (Å²) in [6.45, 7) is 8.26. The Kier molecular flexibility index (Phi) is 7.78. The molecule has 1 heterocycles. The summed E-state index contributed by atoms with van der Waals surface area (Å²) in [6.07, 6.45) is 0.856. The van der Waals surface area contributed by atoms with Crippen molar-refractivity contribution in [3.8, 4) is 0 Å². The average molecular weight is 392 g/mol. The minimum absolute atomic E-state index is 0.108.